The second kappa shape index (κ2) is 13.4. The molecule has 0 radical (unpaired) electrons. The molecule has 7 nitrogen and oxygen atoms in total. The fourth-order valence-corrected chi connectivity index (χ4v) is 13.3. The molecule has 1 amide bonds. The van der Waals surface area contributed by atoms with E-state index in [2.05, 4.69) is 60.0 Å². The highest BCUT2D eigenvalue weighted by Crippen LogP contribution is 2.77. The van der Waals surface area contributed by atoms with Crippen molar-refractivity contribution in [3.8, 4) is 0 Å². The number of allylic oxidation sites excluding steroid dienone is 1. The van der Waals surface area contributed by atoms with Gasteiger partial charge in [-0.1, -0.05) is 73.3 Å². The fourth-order valence-electron chi connectivity index (χ4n) is 13.3. The predicted molar refractivity (Wildman–Crippen MR) is 195 cm³/mol. The zero-order valence-corrected chi connectivity index (χ0v) is 32.2. The van der Waals surface area contributed by atoms with Crippen LogP contribution in [-0.2, 0) is 23.9 Å². The number of hydrogen-bond acceptors (Lipinski definition) is 6. The Kier molecular flexibility index (Phi) is 10.4. The average molecular weight is 681 g/mol. The number of amides is 1. The van der Waals surface area contributed by atoms with Gasteiger partial charge in [0.25, 0.3) is 0 Å². The molecule has 5 aliphatic carbocycles. The van der Waals surface area contributed by atoms with Crippen LogP contribution in [0.2, 0.25) is 0 Å². The van der Waals surface area contributed by atoms with Crippen LogP contribution in [0.4, 0.5) is 0 Å². The lowest BCUT2D eigenvalue weighted by molar-refractivity contribution is -0.249. The zero-order chi connectivity index (χ0) is 36.2. The summed E-state index contributed by atoms with van der Waals surface area (Å²) in [5.41, 5.74) is 6.54. The van der Waals surface area contributed by atoms with Crippen LogP contribution in [0.25, 0.3) is 0 Å². The molecule has 5 aliphatic rings. The number of nitrogens with one attached hydrogen (secondary N) is 1. The van der Waals surface area contributed by atoms with Gasteiger partial charge in [-0.25, -0.2) is 0 Å². The molecule has 4 unspecified atom stereocenters. The maximum Gasteiger partial charge on any atom is 0.306 e. The third-order valence-corrected chi connectivity index (χ3v) is 15.8. The van der Waals surface area contributed by atoms with Crippen LogP contribution in [0.3, 0.4) is 0 Å². The first-order valence-corrected chi connectivity index (χ1v) is 19.4. The normalized spacial score (nSPS) is 40.8. The number of carbonyl (C=O) groups excluding carboxylic acids is 3. The Morgan fingerprint density at radius 1 is 0.878 bits per heavy atom. The topological polar surface area (TPSA) is 108 Å². The summed E-state index contributed by atoms with van der Waals surface area (Å²) in [6.45, 7) is 27.8. The van der Waals surface area contributed by atoms with E-state index in [4.69, 9.17) is 15.2 Å². The molecule has 0 bridgehead atoms. The molecule has 0 aromatic carbocycles. The van der Waals surface area contributed by atoms with Gasteiger partial charge in [-0.3, -0.25) is 14.4 Å². The Morgan fingerprint density at radius 3 is 2.22 bits per heavy atom. The van der Waals surface area contributed by atoms with Crippen LogP contribution in [-0.4, -0.2) is 43.6 Å². The fraction of sp³-hybridized carbons (Fsp3) is 0.833. The first kappa shape index (κ1) is 38.1. The third kappa shape index (κ3) is 6.24. The van der Waals surface area contributed by atoms with Crippen molar-refractivity contribution < 1.29 is 23.9 Å². The number of hydrogen-bond donors (Lipinski definition) is 2. The Morgan fingerprint density at radius 2 is 1.57 bits per heavy atom. The van der Waals surface area contributed by atoms with Gasteiger partial charge < -0.3 is 20.5 Å². The van der Waals surface area contributed by atoms with E-state index in [9.17, 15) is 14.4 Å². The van der Waals surface area contributed by atoms with E-state index in [1.54, 1.807) is 6.08 Å². The monoisotopic (exact) mass is 681 g/mol. The summed E-state index contributed by atoms with van der Waals surface area (Å²) in [6.07, 6.45) is 12.4. The van der Waals surface area contributed by atoms with E-state index in [0.29, 0.717) is 42.7 Å². The van der Waals surface area contributed by atoms with Crippen molar-refractivity contribution in [3.05, 3.63) is 24.8 Å². The van der Waals surface area contributed by atoms with E-state index >= 15 is 0 Å². The lowest BCUT2D eigenvalue weighted by Crippen LogP contribution is -2.67. The summed E-state index contributed by atoms with van der Waals surface area (Å²) in [6, 6.07) is 0. The van der Waals surface area contributed by atoms with E-state index in [0.717, 1.165) is 44.9 Å². The highest BCUT2D eigenvalue weighted by Gasteiger charge is 2.72. The number of esters is 2. The first-order chi connectivity index (χ1) is 22.8. The summed E-state index contributed by atoms with van der Waals surface area (Å²) in [7, 11) is 0. The summed E-state index contributed by atoms with van der Waals surface area (Å²) < 4.78 is 11.5. The molecule has 5 fully saturated rings. The van der Waals surface area contributed by atoms with Crippen molar-refractivity contribution in [2.45, 2.75) is 139 Å². The lowest BCUT2D eigenvalue weighted by Gasteiger charge is -2.72. The Labute approximate surface area is 297 Å². The highest BCUT2D eigenvalue weighted by atomic mass is 16.5. The van der Waals surface area contributed by atoms with Gasteiger partial charge in [-0.2, -0.15) is 0 Å². The lowest BCUT2D eigenvalue weighted by atomic mass is 9.32. The predicted octanol–water partition coefficient (Wildman–Crippen LogP) is 8.17. The second-order valence-corrected chi connectivity index (χ2v) is 19.2. The minimum absolute atomic E-state index is 0.144. The molecular formula is C42H68N2O5. The average Bonchev–Trinajstić information content (AvgIpc) is 3.41. The molecule has 7 heteroatoms. The summed E-state index contributed by atoms with van der Waals surface area (Å²) in [5.74, 6) is 1.96. The van der Waals surface area contributed by atoms with Crippen LogP contribution in [0, 0.1) is 62.1 Å². The van der Waals surface area contributed by atoms with Gasteiger partial charge in [-0.05, 0) is 122 Å². The Balaban J connectivity index is 1.35. The van der Waals surface area contributed by atoms with Crippen LogP contribution < -0.4 is 11.1 Å². The Hall–Kier alpha value is -2.15. The standard InChI is InChI=1S/C42H68N2O5/c1-11-24-48-33(45)25-37(4,5)26-34(46)49-32-16-17-39(8)30(38(32,6)7)15-18-41(10)31(39)13-12-29-35-28(27(2)3)14-19-42(35,21-20-40(29,41)9)36(47)44-23-22-43/h11,28-32,35H,1-2,12-26,43H2,3-10H3,(H,44,47)/t28-,29+,30?,31?,32-,35?,39-,40+,41+,42?/m0/s1. The number of rotatable bonds is 11. The van der Waals surface area contributed by atoms with Gasteiger partial charge >= 0.3 is 11.9 Å². The van der Waals surface area contributed by atoms with Gasteiger partial charge in [0.05, 0.1) is 18.3 Å². The second-order valence-electron chi connectivity index (χ2n) is 19.2. The van der Waals surface area contributed by atoms with Crippen LogP contribution in [0.1, 0.15) is 132 Å². The molecule has 0 aromatic rings. The van der Waals surface area contributed by atoms with Gasteiger partial charge in [0.1, 0.15) is 12.7 Å². The number of nitrogens with two attached hydrogens (primary N) is 1. The molecular weight excluding hydrogens is 612 g/mol. The molecule has 5 saturated carbocycles. The SMILES string of the molecule is C=CCOC(=O)CC(C)(C)CC(=O)O[C@H]1CC[C@@]2(C)C(CC[C@]3(C)C2CC[C@@H]2C4[C@H](C(=C)C)CCC4(C(=O)NCCN)CC[C@]23C)C1(C)C. The summed E-state index contributed by atoms with van der Waals surface area (Å²) in [5, 5.41) is 3.24. The van der Waals surface area contributed by atoms with Crippen molar-refractivity contribution in [1.29, 1.82) is 0 Å². The van der Waals surface area contributed by atoms with Gasteiger partial charge in [0.15, 0.2) is 0 Å². The quantitative estimate of drug-likeness (QED) is 0.168. The van der Waals surface area contributed by atoms with Crippen LogP contribution in [0.15, 0.2) is 24.8 Å². The molecule has 276 valence electrons. The summed E-state index contributed by atoms with van der Waals surface area (Å²) >= 11 is 0. The zero-order valence-electron chi connectivity index (χ0n) is 32.2. The van der Waals surface area contributed by atoms with Crippen molar-refractivity contribution in [1.82, 2.24) is 5.32 Å². The largest absolute Gasteiger partial charge is 0.462 e. The van der Waals surface area contributed by atoms with Crippen molar-refractivity contribution in [3.63, 3.8) is 0 Å². The molecule has 0 aliphatic heterocycles. The maximum absolute atomic E-state index is 14.0. The van der Waals surface area contributed by atoms with E-state index in [1.807, 2.05) is 13.8 Å². The summed E-state index contributed by atoms with van der Waals surface area (Å²) in [4.78, 5) is 39.7. The van der Waals surface area contributed by atoms with Gasteiger partial charge in [0.2, 0.25) is 5.91 Å². The first-order valence-electron chi connectivity index (χ1n) is 19.4. The smallest absolute Gasteiger partial charge is 0.306 e. The molecule has 0 saturated heterocycles. The van der Waals surface area contributed by atoms with Crippen LogP contribution in [0.5, 0.6) is 0 Å². The number of ether oxygens (including phenoxy) is 2. The molecule has 5 rings (SSSR count). The minimum atomic E-state index is -0.547. The van der Waals surface area contributed by atoms with Crippen molar-refractivity contribution in [2.24, 2.45) is 67.8 Å². The van der Waals surface area contributed by atoms with Crippen molar-refractivity contribution >= 4 is 17.8 Å². The molecule has 49 heavy (non-hydrogen) atoms. The molecule has 0 spiro atoms. The molecule has 0 heterocycles. The van der Waals surface area contributed by atoms with Gasteiger partial charge in [0, 0.05) is 18.5 Å². The Bertz CT molecular complexity index is 1320. The van der Waals surface area contributed by atoms with E-state index in [-0.39, 0.29) is 70.5 Å². The molecule has 10 atom stereocenters. The highest BCUT2D eigenvalue weighted by molar-refractivity contribution is 5.84. The van der Waals surface area contributed by atoms with Crippen LogP contribution >= 0.6 is 0 Å². The van der Waals surface area contributed by atoms with E-state index < -0.39 is 5.41 Å². The number of carbonyl (C=O) groups is 3. The van der Waals surface area contributed by atoms with E-state index in [1.165, 1.54) is 24.8 Å². The van der Waals surface area contributed by atoms with Gasteiger partial charge in [-0.15, -0.1) is 0 Å². The maximum atomic E-state index is 14.0. The minimum Gasteiger partial charge on any atom is -0.462 e. The third-order valence-electron chi connectivity index (χ3n) is 15.8. The number of fused-ring (bicyclic) bond motifs is 7. The van der Waals surface area contributed by atoms with Crippen molar-refractivity contribution in [2.75, 3.05) is 19.7 Å². The molecule has 3 N–H and O–H groups in total. The molecule has 0 aromatic heterocycles.